The van der Waals surface area contributed by atoms with E-state index >= 15 is 0 Å². The smallest absolute Gasteiger partial charge is 0.384 e. The van der Waals surface area contributed by atoms with Gasteiger partial charge in [-0.2, -0.15) is 13.2 Å². The van der Waals surface area contributed by atoms with Crippen LogP contribution in [-0.2, 0) is 16.6 Å². The molecular formula is C27H23F3N2O3S. The largest absolute Gasteiger partial charge is 0.404 e. The fraction of sp³-hybridized carbons (Fsp3) is 0.148. The maximum Gasteiger partial charge on any atom is 0.404 e. The molecule has 0 aliphatic rings. The number of aromatic nitrogens is 1. The Labute approximate surface area is 207 Å². The lowest BCUT2D eigenvalue weighted by Gasteiger charge is -2.25. The fourth-order valence-corrected chi connectivity index (χ4v) is 5.27. The van der Waals surface area contributed by atoms with E-state index in [1.165, 1.54) is 36.7 Å². The number of alkyl halides is 3. The molecule has 1 aromatic heterocycles. The molecule has 1 heterocycles. The number of benzene rings is 3. The molecule has 0 amide bonds. The first-order valence-corrected chi connectivity index (χ1v) is 12.6. The topological polar surface area (TPSA) is 70.5 Å². The Hall–Kier alpha value is -3.69. The Balaban J connectivity index is 1.67. The van der Waals surface area contributed by atoms with Crippen LogP contribution in [0.15, 0.2) is 103 Å². The number of sulfonamides is 1. The Kier molecular flexibility index (Phi) is 7.42. The van der Waals surface area contributed by atoms with E-state index in [1.54, 1.807) is 24.3 Å². The van der Waals surface area contributed by atoms with Gasteiger partial charge in [0.2, 0.25) is 10.0 Å². The third kappa shape index (κ3) is 6.10. The first-order chi connectivity index (χ1) is 17.1. The van der Waals surface area contributed by atoms with Crippen molar-refractivity contribution >= 4 is 15.7 Å². The molecule has 0 spiro atoms. The van der Waals surface area contributed by atoms with Gasteiger partial charge in [-0.15, -0.1) is 0 Å². The number of anilines is 1. The fourth-order valence-electron chi connectivity index (χ4n) is 3.91. The van der Waals surface area contributed by atoms with Crippen molar-refractivity contribution in [2.24, 2.45) is 0 Å². The molecule has 186 valence electrons. The number of pyridine rings is 1. The molecule has 3 aromatic carbocycles. The summed E-state index contributed by atoms with van der Waals surface area (Å²) in [5, 5.41) is 11.1. The quantitative estimate of drug-likeness (QED) is 0.327. The van der Waals surface area contributed by atoms with Crippen LogP contribution in [0, 0.1) is 0 Å². The van der Waals surface area contributed by atoms with E-state index in [-0.39, 0.29) is 12.2 Å². The number of nitrogens with zero attached hydrogens (tertiary/aromatic N) is 2. The lowest BCUT2D eigenvalue weighted by Crippen LogP contribution is -2.37. The normalized spacial score (nSPS) is 12.8. The van der Waals surface area contributed by atoms with Crippen molar-refractivity contribution in [3.05, 3.63) is 120 Å². The minimum atomic E-state index is -4.90. The predicted molar refractivity (Wildman–Crippen MR) is 133 cm³/mol. The lowest BCUT2D eigenvalue weighted by molar-refractivity contribution is -0.106. The summed E-state index contributed by atoms with van der Waals surface area (Å²) in [6.07, 6.45) is -3.05. The van der Waals surface area contributed by atoms with Crippen molar-refractivity contribution < 1.29 is 26.7 Å². The molecule has 0 saturated heterocycles. The zero-order valence-corrected chi connectivity index (χ0v) is 19.8. The maximum atomic E-state index is 13.1. The van der Waals surface area contributed by atoms with Gasteiger partial charge in [-0.05, 0) is 46.0 Å². The van der Waals surface area contributed by atoms with Crippen LogP contribution < -0.4 is 4.31 Å². The number of rotatable bonds is 8. The Morgan fingerprint density at radius 3 is 2.17 bits per heavy atom. The third-order valence-electron chi connectivity index (χ3n) is 5.57. The van der Waals surface area contributed by atoms with Gasteiger partial charge in [0.25, 0.3) is 0 Å². The SMILES string of the molecule is O=S(=O)(CC(F)(F)F)N(Cc1cccnc1)c1ccc(C(O)c2ccccc2-c2ccccc2)cc1. The van der Waals surface area contributed by atoms with Crippen LogP contribution in [-0.4, -0.2) is 30.4 Å². The molecule has 9 heteroatoms. The van der Waals surface area contributed by atoms with Crippen LogP contribution in [0.25, 0.3) is 11.1 Å². The molecule has 4 aromatic rings. The summed E-state index contributed by atoms with van der Waals surface area (Å²) in [5.74, 6) is -1.99. The highest BCUT2D eigenvalue weighted by molar-refractivity contribution is 7.92. The van der Waals surface area contributed by atoms with Gasteiger partial charge in [-0.25, -0.2) is 8.42 Å². The summed E-state index contributed by atoms with van der Waals surface area (Å²) in [7, 11) is -4.74. The average Bonchev–Trinajstić information content (AvgIpc) is 2.87. The molecule has 0 saturated carbocycles. The van der Waals surface area contributed by atoms with Crippen molar-refractivity contribution in [2.45, 2.75) is 18.8 Å². The summed E-state index contributed by atoms with van der Waals surface area (Å²) >= 11 is 0. The minimum absolute atomic E-state index is 0.0513. The van der Waals surface area contributed by atoms with Gasteiger partial charge in [0.1, 0.15) is 6.10 Å². The van der Waals surface area contributed by atoms with Crippen LogP contribution in [0.3, 0.4) is 0 Å². The van der Waals surface area contributed by atoms with Gasteiger partial charge < -0.3 is 5.11 Å². The number of aliphatic hydroxyl groups is 1. The minimum Gasteiger partial charge on any atom is -0.384 e. The molecule has 0 fully saturated rings. The van der Waals surface area contributed by atoms with E-state index in [9.17, 15) is 26.7 Å². The highest BCUT2D eigenvalue weighted by Gasteiger charge is 2.38. The van der Waals surface area contributed by atoms with E-state index in [0.717, 1.165) is 11.1 Å². The van der Waals surface area contributed by atoms with Crippen LogP contribution >= 0.6 is 0 Å². The summed E-state index contributed by atoms with van der Waals surface area (Å²) in [6, 6.07) is 25.9. The van der Waals surface area contributed by atoms with Crippen molar-refractivity contribution in [1.82, 2.24) is 4.98 Å². The molecular weight excluding hydrogens is 489 g/mol. The standard InChI is InChI=1S/C27H23F3N2O3S/c28-27(29,30)19-36(34,35)32(18-20-7-6-16-31-17-20)23-14-12-22(13-15-23)26(33)25-11-5-4-10-24(25)21-8-2-1-3-9-21/h1-17,26,33H,18-19H2. The molecule has 1 unspecified atom stereocenters. The summed E-state index contributed by atoms with van der Waals surface area (Å²) in [5.41, 5.74) is 3.36. The van der Waals surface area contributed by atoms with Crippen LogP contribution in [0.1, 0.15) is 22.8 Å². The van der Waals surface area contributed by atoms with Gasteiger partial charge in [-0.1, -0.05) is 72.8 Å². The summed E-state index contributed by atoms with van der Waals surface area (Å²) < 4.78 is 65.3. The number of hydrogen-bond donors (Lipinski definition) is 1. The molecule has 0 aliphatic heterocycles. The molecule has 1 N–H and O–H groups in total. The molecule has 1 atom stereocenters. The second-order valence-corrected chi connectivity index (χ2v) is 10.1. The predicted octanol–water partition coefficient (Wildman–Crippen LogP) is 5.73. The van der Waals surface area contributed by atoms with E-state index < -0.39 is 28.1 Å². The van der Waals surface area contributed by atoms with Gasteiger partial charge in [0.15, 0.2) is 5.75 Å². The van der Waals surface area contributed by atoms with Crippen molar-refractivity contribution in [3.63, 3.8) is 0 Å². The van der Waals surface area contributed by atoms with Crippen LogP contribution in [0.2, 0.25) is 0 Å². The molecule has 0 aliphatic carbocycles. The van der Waals surface area contributed by atoms with Crippen molar-refractivity contribution in [3.8, 4) is 11.1 Å². The molecule has 36 heavy (non-hydrogen) atoms. The van der Waals surface area contributed by atoms with Crippen LogP contribution in [0.4, 0.5) is 18.9 Å². The van der Waals surface area contributed by atoms with E-state index in [4.69, 9.17) is 0 Å². The number of hydrogen-bond acceptors (Lipinski definition) is 4. The average molecular weight is 513 g/mol. The highest BCUT2D eigenvalue weighted by Crippen LogP contribution is 2.33. The Morgan fingerprint density at radius 2 is 1.53 bits per heavy atom. The Bertz CT molecular complexity index is 1400. The van der Waals surface area contributed by atoms with E-state index in [0.29, 0.717) is 21.0 Å². The first kappa shape index (κ1) is 25.4. The molecule has 5 nitrogen and oxygen atoms in total. The number of aliphatic hydroxyl groups excluding tert-OH is 1. The zero-order chi connectivity index (χ0) is 25.8. The van der Waals surface area contributed by atoms with Crippen molar-refractivity contribution in [1.29, 1.82) is 0 Å². The highest BCUT2D eigenvalue weighted by atomic mass is 32.2. The van der Waals surface area contributed by atoms with Crippen molar-refractivity contribution in [2.75, 3.05) is 10.1 Å². The number of halogens is 3. The summed E-state index contributed by atoms with van der Waals surface area (Å²) in [6.45, 7) is -0.314. The van der Waals surface area contributed by atoms with Crippen LogP contribution in [0.5, 0.6) is 0 Å². The van der Waals surface area contributed by atoms with E-state index in [2.05, 4.69) is 4.98 Å². The second-order valence-electron chi connectivity index (χ2n) is 8.19. The Morgan fingerprint density at radius 1 is 0.861 bits per heavy atom. The second kappa shape index (κ2) is 10.5. The molecule has 4 rings (SSSR count). The first-order valence-electron chi connectivity index (χ1n) is 11.0. The van der Waals surface area contributed by atoms with Gasteiger partial charge >= 0.3 is 6.18 Å². The van der Waals surface area contributed by atoms with Gasteiger partial charge in [0, 0.05) is 12.4 Å². The van der Waals surface area contributed by atoms with E-state index in [1.807, 2.05) is 42.5 Å². The lowest BCUT2D eigenvalue weighted by atomic mass is 9.93. The maximum absolute atomic E-state index is 13.1. The zero-order valence-electron chi connectivity index (χ0n) is 19.0. The van der Waals surface area contributed by atoms with Gasteiger partial charge in [-0.3, -0.25) is 9.29 Å². The monoisotopic (exact) mass is 512 g/mol. The summed E-state index contributed by atoms with van der Waals surface area (Å²) in [4.78, 5) is 3.92. The third-order valence-corrected chi connectivity index (χ3v) is 7.27. The van der Waals surface area contributed by atoms with Gasteiger partial charge in [0.05, 0.1) is 12.2 Å². The molecule has 0 bridgehead atoms. The molecule has 0 radical (unpaired) electrons.